The summed E-state index contributed by atoms with van der Waals surface area (Å²) in [6, 6.07) is 4.38. The van der Waals surface area contributed by atoms with Crippen molar-refractivity contribution in [3.63, 3.8) is 0 Å². The molecule has 1 aromatic rings. The Morgan fingerprint density at radius 2 is 2.04 bits per heavy atom. The van der Waals surface area contributed by atoms with Crippen molar-refractivity contribution in [1.29, 1.82) is 0 Å². The maximum absolute atomic E-state index is 14.6. The van der Waals surface area contributed by atoms with Crippen molar-refractivity contribution in [2.75, 3.05) is 19.7 Å². The second kappa shape index (κ2) is 7.16. The maximum Gasteiger partial charge on any atom is 0.248 e. The fraction of sp³-hybridized carbons (Fsp3) is 0.588. The van der Waals surface area contributed by atoms with Crippen LogP contribution in [0.3, 0.4) is 0 Å². The molecule has 1 saturated heterocycles. The van der Waals surface area contributed by atoms with E-state index in [0.717, 1.165) is 32.4 Å². The van der Waals surface area contributed by atoms with Crippen LogP contribution in [0, 0.1) is 17.7 Å². The van der Waals surface area contributed by atoms with Crippen LogP contribution >= 0.6 is 12.4 Å². The van der Waals surface area contributed by atoms with E-state index in [-0.39, 0.29) is 30.1 Å². The van der Waals surface area contributed by atoms with Crippen molar-refractivity contribution in [2.45, 2.75) is 31.8 Å². The van der Waals surface area contributed by atoms with E-state index < -0.39 is 11.5 Å². The van der Waals surface area contributed by atoms with Gasteiger partial charge in [-0.3, -0.25) is 4.79 Å². The van der Waals surface area contributed by atoms with E-state index in [4.69, 9.17) is 10.5 Å². The number of carbonyl (C=O) groups excluding carboxylic acids is 1. The first kappa shape index (κ1) is 18.2. The summed E-state index contributed by atoms with van der Waals surface area (Å²) in [5.74, 6) is -0.403. The molecule has 128 valence electrons. The van der Waals surface area contributed by atoms with E-state index in [1.165, 1.54) is 12.1 Å². The Hall–Kier alpha value is -1.17. The van der Waals surface area contributed by atoms with Crippen molar-refractivity contribution in [3.8, 4) is 0 Å². The second-order valence-electron chi connectivity index (χ2n) is 6.27. The highest BCUT2D eigenvalue weighted by Gasteiger charge is 2.53. The molecule has 0 radical (unpaired) electrons. The molecule has 1 heterocycles. The second-order valence-corrected chi connectivity index (χ2v) is 6.27. The number of rotatable bonds is 4. The third kappa shape index (κ3) is 2.97. The number of benzene rings is 1. The smallest absolute Gasteiger partial charge is 0.248 e. The standard InChI is InChI=1S/C17H23FN2O2.ClH/c1-2-22-17(12-4-3-5-13(17)10-20-9-12)14-8-11(16(19)21)6-7-15(14)18;/h6-8,12-13,20H,2-5,9-10H2,1H3,(H2,19,21);1H. The molecule has 1 aromatic carbocycles. The normalized spacial score (nSPS) is 29.7. The minimum atomic E-state index is -0.645. The van der Waals surface area contributed by atoms with Crippen LogP contribution in [0.4, 0.5) is 4.39 Å². The Morgan fingerprint density at radius 1 is 1.39 bits per heavy atom. The van der Waals surface area contributed by atoms with Crippen molar-refractivity contribution < 1.29 is 13.9 Å². The predicted molar refractivity (Wildman–Crippen MR) is 89.2 cm³/mol. The molecule has 1 saturated carbocycles. The van der Waals surface area contributed by atoms with Crippen molar-refractivity contribution in [2.24, 2.45) is 17.6 Å². The Kier molecular flexibility index (Phi) is 5.65. The average molecular weight is 343 g/mol. The number of primary amides is 1. The van der Waals surface area contributed by atoms with Gasteiger partial charge in [-0.25, -0.2) is 4.39 Å². The van der Waals surface area contributed by atoms with E-state index in [1.807, 2.05) is 6.92 Å². The lowest BCUT2D eigenvalue weighted by molar-refractivity contribution is -0.163. The largest absolute Gasteiger partial charge is 0.370 e. The third-order valence-electron chi connectivity index (χ3n) is 5.15. The maximum atomic E-state index is 14.6. The number of hydrogen-bond donors (Lipinski definition) is 2. The number of ether oxygens (including phenoxy) is 1. The summed E-state index contributed by atoms with van der Waals surface area (Å²) < 4.78 is 20.8. The van der Waals surface area contributed by atoms with Gasteiger partial charge in [-0.15, -0.1) is 12.4 Å². The summed E-state index contributed by atoms with van der Waals surface area (Å²) in [7, 11) is 0. The zero-order valence-corrected chi connectivity index (χ0v) is 14.1. The number of halogens is 2. The number of fused-ring (bicyclic) bond motifs is 2. The lowest BCUT2D eigenvalue weighted by atomic mass is 9.62. The SMILES string of the molecule is CCOC1(c2cc(C(N)=O)ccc2F)C2CCCC1CNC2.Cl. The summed E-state index contributed by atoms with van der Waals surface area (Å²) in [5, 5.41) is 3.43. The minimum Gasteiger partial charge on any atom is -0.370 e. The van der Waals surface area contributed by atoms with Gasteiger partial charge in [-0.2, -0.15) is 0 Å². The van der Waals surface area contributed by atoms with Crippen LogP contribution in [0.2, 0.25) is 0 Å². The molecule has 2 fully saturated rings. The van der Waals surface area contributed by atoms with Crippen LogP contribution in [0.25, 0.3) is 0 Å². The van der Waals surface area contributed by atoms with Crippen molar-refractivity contribution >= 4 is 18.3 Å². The Labute approximate surface area is 142 Å². The first-order valence-electron chi connectivity index (χ1n) is 8.04. The number of nitrogens with one attached hydrogen (secondary N) is 1. The minimum absolute atomic E-state index is 0. The summed E-state index contributed by atoms with van der Waals surface area (Å²) in [4.78, 5) is 11.5. The number of amides is 1. The van der Waals surface area contributed by atoms with Crippen molar-refractivity contribution in [1.82, 2.24) is 5.32 Å². The van der Waals surface area contributed by atoms with Gasteiger partial charge in [0, 0.05) is 42.7 Å². The van der Waals surface area contributed by atoms with Crippen molar-refractivity contribution in [3.05, 3.63) is 35.1 Å². The highest BCUT2D eigenvalue weighted by atomic mass is 35.5. The number of piperidine rings is 1. The molecule has 3 N–H and O–H groups in total. The van der Waals surface area contributed by atoms with Gasteiger partial charge in [0.1, 0.15) is 11.4 Å². The monoisotopic (exact) mass is 342 g/mol. The summed E-state index contributed by atoms with van der Waals surface area (Å²) >= 11 is 0. The van der Waals surface area contributed by atoms with Gasteiger partial charge in [-0.1, -0.05) is 6.42 Å². The van der Waals surface area contributed by atoms with Gasteiger partial charge in [-0.05, 0) is 38.0 Å². The highest BCUT2D eigenvalue weighted by molar-refractivity contribution is 5.93. The van der Waals surface area contributed by atoms with Crippen LogP contribution in [-0.2, 0) is 10.3 Å². The molecular formula is C17H24ClFN2O2. The van der Waals surface area contributed by atoms with Crippen LogP contribution in [0.5, 0.6) is 0 Å². The van der Waals surface area contributed by atoms with Crippen LogP contribution in [0.1, 0.15) is 42.1 Å². The zero-order valence-electron chi connectivity index (χ0n) is 13.3. The molecule has 0 spiro atoms. The molecule has 0 aromatic heterocycles. The van der Waals surface area contributed by atoms with E-state index in [9.17, 15) is 9.18 Å². The van der Waals surface area contributed by atoms with Crippen LogP contribution in [-0.4, -0.2) is 25.6 Å². The Morgan fingerprint density at radius 3 is 2.61 bits per heavy atom. The van der Waals surface area contributed by atoms with Crippen LogP contribution in [0.15, 0.2) is 18.2 Å². The van der Waals surface area contributed by atoms with Crippen LogP contribution < -0.4 is 11.1 Å². The molecule has 23 heavy (non-hydrogen) atoms. The fourth-order valence-corrected chi connectivity index (χ4v) is 4.28. The first-order valence-corrected chi connectivity index (χ1v) is 8.04. The molecule has 1 amide bonds. The van der Waals surface area contributed by atoms with Gasteiger partial charge in [0.05, 0.1) is 0 Å². The van der Waals surface area contributed by atoms with E-state index in [2.05, 4.69) is 5.32 Å². The molecule has 1 aliphatic heterocycles. The molecule has 3 rings (SSSR count). The molecule has 2 atom stereocenters. The topological polar surface area (TPSA) is 64.3 Å². The van der Waals surface area contributed by atoms with Gasteiger partial charge in [0.25, 0.3) is 0 Å². The summed E-state index contributed by atoms with van der Waals surface area (Å²) in [6.45, 7) is 4.09. The van der Waals surface area contributed by atoms with E-state index >= 15 is 0 Å². The van der Waals surface area contributed by atoms with Gasteiger partial charge in [0.15, 0.2) is 0 Å². The molecule has 2 bridgehead atoms. The Bertz CT molecular complexity index is 560. The number of nitrogens with two attached hydrogens (primary N) is 1. The molecule has 2 aliphatic rings. The number of hydrogen-bond acceptors (Lipinski definition) is 3. The summed E-state index contributed by atoms with van der Waals surface area (Å²) in [6.07, 6.45) is 3.15. The first-order chi connectivity index (χ1) is 10.6. The fourth-order valence-electron chi connectivity index (χ4n) is 4.28. The van der Waals surface area contributed by atoms with E-state index in [0.29, 0.717) is 17.7 Å². The predicted octanol–water partition coefficient (Wildman–Crippen LogP) is 2.60. The van der Waals surface area contributed by atoms with E-state index in [1.54, 1.807) is 6.07 Å². The Balaban J connectivity index is 0.00000192. The lowest BCUT2D eigenvalue weighted by Crippen LogP contribution is -2.58. The average Bonchev–Trinajstić information content (AvgIpc) is 2.47. The molecule has 6 heteroatoms. The highest BCUT2D eigenvalue weighted by Crippen LogP contribution is 2.50. The molecule has 4 nitrogen and oxygen atoms in total. The molecule has 1 aliphatic carbocycles. The van der Waals surface area contributed by atoms with Gasteiger partial charge >= 0.3 is 0 Å². The summed E-state index contributed by atoms with van der Waals surface area (Å²) in [5.41, 5.74) is 5.58. The van der Waals surface area contributed by atoms with Gasteiger partial charge < -0.3 is 15.8 Å². The number of carbonyl (C=O) groups is 1. The third-order valence-corrected chi connectivity index (χ3v) is 5.15. The molecule has 2 unspecified atom stereocenters. The quantitative estimate of drug-likeness (QED) is 0.884. The zero-order chi connectivity index (χ0) is 15.7. The molecular weight excluding hydrogens is 319 g/mol. The van der Waals surface area contributed by atoms with Gasteiger partial charge in [0.2, 0.25) is 5.91 Å². The lowest BCUT2D eigenvalue weighted by Gasteiger charge is -2.53.